The van der Waals surface area contributed by atoms with E-state index in [2.05, 4.69) is 26.0 Å². The van der Waals surface area contributed by atoms with Gasteiger partial charge >= 0.3 is 5.63 Å². The molecule has 5 nitrogen and oxygen atoms in total. The highest BCUT2D eigenvalue weighted by Gasteiger charge is 2.17. The minimum atomic E-state index is -0.381. The monoisotopic (exact) mass is 496 g/mol. The summed E-state index contributed by atoms with van der Waals surface area (Å²) in [5, 5.41) is 2.07. The lowest BCUT2D eigenvalue weighted by Crippen LogP contribution is -2.22. The first kappa shape index (κ1) is 24.1. The summed E-state index contributed by atoms with van der Waals surface area (Å²) in [6.45, 7) is 10.4. The molecule has 0 N–H and O–H groups in total. The molecule has 5 aromatic rings. The van der Waals surface area contributed by atoms with Gasteiger partial charge in [0.05, 0.1) is 16.6 Å². The highest BCUT2D eigenvalue weighted by molar-refractivity contribution is 7.98. The topological polar surface area (TPSA) is 65.1 Å². The maximum Gasteiger partial charge on any atom is 0.336 e. The Hall–Kier alpha value is -3.64. The molecule has 5 rings (SSSR count). The van der Waals surface area contributed by atoms with Gasteiger partial charge in [0, 0.05) is 17.2 Å². The van der Waals surface area contributed by atoms with Crippen molar-refractivity contribution in [1.29, 1.82) is 0 Å². The highest BCUT2D eigenvalue weighted by Crippen LogP contribution is 2.31. The molecule has 6 heteroatoms. The molecule has 36 heavy (non-hydrogen) atoms. The Kier molecular flexibility index (Phi) is 6.31. The van der Waals surface area contributed by atoms with Gasteiger partial charge in [-0.3, -0.25) is 9.36 Å². The van der Waals surface area contributed by atoms with E-state index in [9.17, 15) is 9.59 Å². The minimum absolute atomic E-state index is 0.106. The van der Waals surface area contributed by atoms with Crippen LogP contribution in [-0.2, 0) is 5.75 Å². The normalized spacial score (nSPS) is 11.6. The van der Waals surface area contributed by atoms with Crippen LogP contribution in [0.1, 0.15) is 47.6 Å². The highest BCUT2D eigenvalue weighted by atomic mass is 32.2. The third kappa shape index (κ3) is 4.37. The Bertz CT molecular complexity index is 1750. The molecule has 0 aliphatic heterocycles. The first-order valence-corrected chi connectivity index (χ1v) is 13.0. The molecule has 0 fully saturated rings. The van der Waals surface area contributed by atoms with Crippen LogP contribution in [0.4, 0.5) is 0 Å². The van der Waals surface area contributed by atoms with Crippen molar-refractivity contribution in [1.82, 2.24) is 9.55 Å². The SMILES string of the molecule is Cc1ccc(-n2c(SCc3cc(=O)oc4cc(C)c(C(C)C)cc34)nc3ccccc3c2=O)c(C)c1. The fourth-order valence-electron chi connectivity index (χ4n) is 4.75. The van der Waals surface area contributed by atoms with E-state index < -0.39 is 0 Å². The first-order valence-electron chi connectivity index (χ1n) is 12.0. The zero-order valence-corrected chi connectivity index (χ0v) is 21.9. The number of hydrogen-bond donors (Lipinski definition) is 0. The lowest BCUT2D eigenvalue weighted by molar-refractivity contribution is 0.559. The van der Waals surface area contributed by atoms with Gasteiger partial charge in [-0.2, -0.15) is 0 Å². The molecular weight excluding hydrogens is 468 g/mol. The Morgan fingerprint density at radius 3 is 2.44 bits per heavy atom. The molecule has 0 amide bonds. The van der Waals surface area contributed by atoms with Crippen LogP contribution in [0, 0.1) is 20.8 Å². The maximum absolute atomic E-state index is 13.7. The van der Waals surface area contributed by atoms with Gasteiger partial charge < -0.3 is 4.42 Å². The standard InChI is InChI=1S/C30H28N2O3S/c1-17(2)23-15-24-21(14-28(33)35-27(24)13-19(23)4)16-36-30-31-25-9-7-6-8-22(25)29(34)32(30)26-11-10-18(3)12-20(26)5/h6-15,17H,16H2,1-5H3. The number of hydrogen-bond acceptors (Lipinski definition) is 5. The van der Waals surface area contributed by atoms with E-state index in [1.165, 1.54) is 17.3 Å². The van der Waals surface area contributed by atoms with Crippen molar-refractivity contribution in [2.45, 2.75) is 51.4 Å². The number of nitrogens with zero attached hydrogens (tertiary/aromatic N) is 2. The van der Waals surface area contributed by atoms with Crippen LogP contribution in [-0.4, -0.2) is 9.55 Å². The predicted molar refractivity (Wildman–Crippen MR) is 148 cm³/mol. The van der Waals surface area contributed by atoms with E-state index in [1.54, 1.807) is 10.6 Å². The minimum Gasteiger partial charge on any atom is -0.423 e. The second-order valence-electron chi connectivity index (χ2n) is 9.58. The Morgan fingerprint density at radius 2 is 1.69 bits per heavy atom. The van der Waals surface area contributed by atoms with Crippen LogP contribution in [0.5, 0.6) is 0 Å². The molecule has 0 bridgehead atoms. The lowest BCUT2D eigenvalue weighted by Gasteiger charge is -2.16. The van der Waals surface area contributed by atoms with Gasteiger partial charge in [0.25, 0.3) is 5.56 Å². The van der Waals surface area contributed by atoms with Gasteiger partial charge in [-0.15, -0.1) is 0 Å². The van der Waals surface area contributed by atoms with Crippen LogP contribution < -0.4 is 11.2 Å². The van der Waals surface area contributed by atoms with Gasteiger partial charge in [-0.25, -0.2) is 9.78 Å². The molecule has 0 atom stereocenters. The molecule has 0 saturated carbocycles. The molecule has 0 aliphatic carbocycles. The van der Waals surface area contributed by atoms with Crippen molar-refractivity contribution in [2.75, 3.05) is 0 Å². The number of aryl methyl sites for hydroxylation is 3. The summed E-state index contributed by atoms with van der Waals surface area (Å²) in [7, 11) is 0. The molecule has 3 aromatic carbocycles. The Labute approximate surface area is 213 Å². The third-order valence-corrected chi connectivity index (χ3v) is 7.52. The number of benzene rings is 3. The van der Waals surface area contributed by atoms with E-state index in [0.29, 0.717) is 33.3 Å². The van der Waals surface area contributed by atoms with Crippen LogP contribution in [0.3, 0.4) is 0 Å². The summed E-state index contributed by atoms with van der Waals surface area (Å²) in [6.07, 6.45) is 0. The van der Waals surface area contributed by atoms with Crippen molar-refractivity contribution < 1.29 is 4.42 Å². The van der Waals surface area contributed by atoms with Crippen LogP contribution in [0.2, 0.25) is 0 Å². The number of aromatic nitrogens is 2. The van der Waals surface area contributed by atoms with Gasteiger partial charge in [-0.1, -0.05) is 55.4 Å². The summed E-state index contributed by atoms with van der Waals surface area (Å²) < 4.78 is 7.22. The second-order valence-corrected chi connectivity index (χ2v) is 10.5. The van der Waals surface area contributed by atoms with Gasteiger partial charge in [-0.05, 0) is 79.3 Å². The fourth-order valence-corrected chi connectivity index (χ4v) is 5.75. The largest absolute Gasteiger partial charge is 0.423 e. The molecule has 0 radical (unpaired) electrons. The summed E-state index contributed by atoms with van der Waals surface area (Å²) in [5.74, 6) is 0.817. The first-order chi connectivity index (χ1) is 17.2. The summed E-state index contributed by atoms with van der Waals surface area (Å²) in [5.41, 5.74) is 6.87. The van der Waals surface area contributed by atoms with E-state index >= 15 is 0 Å². The maximum atomic E-state index is 13.7. The third-order valence-electron chi connectivity index (χ3n) is 6.53. The van der Waals surface area contributed by atoms with Gasteiger partial charge in [0.2, 0.25) is 0 Å². The average molecular weight is 497 g/mol. The molecule has 2 aromatic heterocycles. The smallest absolute Gasteiger partial charge is 0.336 e. The molecule has 182 valence electrons. The fraction of sp³-hybridized carbons (Fsp3) is 0.233. The van der Waals surface area contributed by atoms with Gasteiger partial charge in [0.15, 0.2) is 5.16 Å². The summed E-state index contributed by atoms with van der Waals surface area (Å²) in [6, 6.07) is 19.1. The van der Waals surface area contributed by atoms with E-state index in [0.717, 1.165) is 33.3 Å². The van der Waals surface area contributed by atoms with Crippen molar-refractivity contribution in [3.8, 4) is 5.69 Å². The summed E-state index contributed by atoms with van der Waals surface area (Å²) in [4.78, 5) is 30.9. The van der Waals surface area contributed by atoms with Crippen molar-refractivity contribution in [3.63, 3.8) is 0 Å². The summed E-state index contributed by atoms with van der Waals surface area (Å²) >= 11 is 1.45. The lowest BCUT2D eigenvalue weighted by atomic mass is 9.95. The van der Waals surface area contributed by atoms with Gasteiger partial charge in [0.1, 0.15) is 5.58 Å². The zero-order valence-electron chi connectivity index (χ0n) is 21.1. The number of para-hydroxylation sites is 1. The molecule has 0 spiro atoms. The molecule has 2 heterocycles. The molecule has 0 aliphatic rings. The van der Waals surface area contributed by atoms with E-state index in [1.807, 2.05) is 63.2 Å². The number of fused-ring (bicyclic) bond motifs is 2. The predicted octanol–water partition coefficient (Wildman–Crippen LogP) is 6.83. The second kappa shape index (κ2) is 9.43. The van der Waals surface area contributed by atoms with Crippen LogP contribution >= 0.6 is 11.8 Å². The molecule has 0 saturated heterocycles. The quantitative estimate of drug-likeness (QED) is 0.152. The zero-order chi connectivity index (χ0) is 25.6. The van der Waals surface area contributed by atoms with E-state index in [4.69, 9.17) is 9.40 Å². The average Bonchev–Trinajstić information content (AvgIpc) is 2.82. The van der Waals surface area contributed by atoms with Crippen LogP contribution in [0.25, 0.3) is 27.6 Å². The van der Waals surface area contributed by atoms with Crippen LogP contribution in [0.15, 0.2) is 79.8 Å². The van der Waals surface area contributed by atoms with Crippen molar-refractivity contribution >= 4 is 33.6 Å². The molecule has 0 unspecified atom stereocenters. The van der Waals surface area contributed by atoms with Crippen molar-refractivity contribution in [3.05, 3.63) is 109 Å². The Morgan fingerprint density at radius 1 is 0.917 bits per heavy atom. The van der Waals surface area contributed by atoms with E-state index in [-0.39, 0.29) is 11.2 Å². The van der Waals surface area contributed by atoms with Crippen molar-refractivity contribution in [2.24, 2.45) is 0 Å². The number of thioether (sulfide) groups is 1. The number of rotatable bonds is 5. The molecular formula is C30H28N2O3S. The Balaban J connectivity index is 1.67.